The van der Waals surface area contributed by atoms with Crippen LogP contribution in [-0.2, 0) is 11.2 Å². The summed E-state index contributed by atoms with van der Waals surface area (Å²) in [6, 6.07) is 16.7. The number of nitrogens with zero attached hydrogens (tertiary/aromatic N) is 1. The van der Waals surface area contributed by atoms with Gasteiger partial charge in [-0.25, -0.2) is 4.98 Å². The van der Waals surface area contributed by atoms with Crippen molar-refractivity contribution < 1.29 is 4.79 Å². The number of hydrogen-bond acceptors (Lipinski definition) is 3. The zero-order chi connectivity index (χ0) is 20.9. The third kappa shape index (κ3) is 4.81. The zero-order valence-electron chi connectivity index (χ0n) is 17.8. The third-order valence-electron chi connectivity index (χ3n) is 6.32. The first-order valence-corrected chi connectivity index (χ1v) is 11.1. The average Bonchev–Trinajstić information content (AvgIpc) is 2.77. The number of hydrogen-bond donors (Lipinski definition) is 2. The summed E-state index contributed by atoms with van der Waals surface area (Å²) in [4.78, 5) is 16.9. The largest absolute Gasteiger partial charge is 0.383 e. The van der Waals surface area contributed by atoms with Crippen LogP contribution in [0.2, 0.25) is 0 Å². The van der Waals surface area contributed by atoms with E-state index in [1.807, 2.05) is 6.07 Å². The van der Waals surface area contributed by atoms with E-state index < -0.39 is 0 Å². The molecule has 4 nitrogen and oxygen atoms in total. The summed E-state index contributed by atoms with van der Waals surface area (Å²) < 4.78 is 0. The van der Waals surface area contributed by atoms with Crippen molar-refractivity contribution in [2.75, 3.05) is 12.3 Å². The van der Waals surface area contributed by atoms with E-state index >= 15 is 0 Å². The van der Waals surface area contributed by atoms with Gasteiger partial charge in [0.15, 0.2) is 0 Å². The van der Waals surface area contributed by atoms with Gasteiger partial charge in [-0.3, -0.25) is 4.79 Å². The highest BCUT2D eigenvalue weighted by molar-refractivity contribution is 5.87. The van der Waals surface area contributed by atoms with Crippen molar-refractivity contribution in [1.29, 1.82) is 0 Å². The lowest BCUT2D eigenvalue weighted by Gasteiger charge is -2.21. The molecule has 0 radical (unpaired) electrons. The van der Waals surface area contributed by atoms with Crippen molar-refractivity contribution in [1.82, 2.24) is 10.3 Å². The van der Waals surface area contributed by atoms with E-state index in [0.717, 1.165) is 23.0 Å². The molecule has 1 saturated carbocycles. The van der Waals surface area contributed by atoms with Gasteiger partial charge in [0.05, 0.1) is 5.52 Å². The van der Waals surface area contributed by atoms with Gasteiger partial charge in [0.1, 0.15) is 5.82 Å². The molecule has 1 amide bonds. The Kier molecular flexibility index (Phi) is 6.32. The molecular formula is C26H31N3O. The van der Waals surface area contributed by atoms with Crippen LogP contribution < -0.4 is 11.1 Å². The Hall–Kier alpha value is -2.88. The molecule has 0 unspecified atom stereocenters. The Morgan fingerprint density at radius 2 is 1.90 bits per heavy atom. The number of aryl methyl sites for hydroxylation is 2. The number of nitrogens with one attached hydrogen (secondary N) is 1. The highest BCUT2D eigenvalue weighted by atomic mass is 16.1. The van der Waals surface area contributed by atoms with Gasteiger partial charge < -0.3 is 11.1 Å². The fourth-order valence-corrected chi connectivity index (χ4v) is 4.49. The molecule has 4 rings (SSSR count). The predicted molar refractivity (Wildman–Crippen MR) is 124 cm³/mol. The van der Waals surface area contributed by atoms with Gasteiger partial charge in [-0.15, -0.1) is 0 Å². The molecule has 0 aliphatic heterocycles. The van der Waals surface area contributed by atoms with Gasteiger partial charge in [-0.1, -0.05) is 49.6 Å². The normalized spacial score (nSPS) is 14.7. The lowest BCUT2D eigenvalue weighted by atomic mass is 9.89. The SMILES string of the molecule is Cc1ccccc1-c1ccc2nc(N)c(CCC(=O)NCC3CCCCC3)cc2c1. The average molecular weight is 402 g/mol. The lowest BCUT2D eigenvalue weighted by Crippen LogP contribution is -2.30. The van der Waals surface area contributed by atoms with Crippen molar-refractivity contribution in [2.45, 2.75) is 51.9 Å². The standard InChI is InChI=1S/C26H31N3O/c1-18-7-5-6-10-23(18)20-11-13-24-22(15-20)16-21(26(27)29-24)12-14-25(30)28-17-19-8-3-2-4-9-19/h5-7,10-11,13,15-16,19H,2-4,8-9,12,14,17H2,1H3,(H2,27,29)(H,28,30). The van der Waals surface area contributed by atoms with E-state index in [1.54, 1.807) is 0 Å². The fraction of sp³-hybridized carbons (Fsp3) is 0.385. The van der Waals surface area contributed by atoms with Gasteiger partial charge >= 0.3 is 0 Å². The molecule has 156 valence electrons. The molecule has 0 atom stereocenters. The topological polar surface area (TPSA) is 68.0 Å². The minimum absolute atomic E-state index is 0.105. The Bertz CT molecular complexity index is 1040. The van der Waals surface area contributed by atoms with Crippen LogP contribution in [-0.4, -0.2) is 17.4 Å². The van der Waals surface area contributed by atoms with Crippen molar-refractivity contribution in [2.24, 2.45) is 5.92 Å². The van der Waals surface area contributed by atoms with E-state index in [9.17, 15) is 4.79 Å². The van der Waals surface area contributed by atoms with Crippen LogP contribution in [0.3, 0.4) is 0 Å². The van der Waals surface area contributed by atoms with Gasteiger partial charge in [0.25, 0.3) is 0 Å². The van der Waals surface area contributed by atoms with Crippen LogP contribution in [0.15, 0.2) is 48.5 Å². The second kappa shape index (κ2) is 9.29. The maximum atomic E-state index is 12.3. The van der Waals surface area contributed by atoms with Gasteiger partial charge in [-0.05, 0) is 72.6 Å². The number of nitrogens with two attached hydrogens (primary N) is 1. The molecule has 4 heteroatoms. The first kappa shape index (κ1) is 20.4. The molecule has 0 saturated heterocycles. The van der Waals surface area contributed by atoms with Crippen molar-refractivity contribution >= 4 is 22.6 Å². The summed E-state index contributed by atoms with van der Waals surface area (Å²) in [7, 11) is 0. The molecule has 0 bridgehead atoms. The number of rotatable bonds is 6. The fourth-order valence-electron chi connectivity index (χ4n) is 4.49. The highest BCUT2D eigenvalue weighted by Crippen LogP contribution is 2.28. The maximum Gasteiger partial charge on any atom is 0.220 e. The number of carbonyl (C=O) groups is 1. The first-order chi connectivity index (χ1) is 14.6. The number of nitrogen functional groups attached to an aromatic ring is 1. The molecule has 1 aliphatic rings. The van der Waals surface area contributed by atoms with Gasteiger partial charge in [-0.2, -0.15) is 0 Å². The molecule has 1 heterocycles. The van der Waals surface area contributed by atoms with Crippen molar-refractivity contribution in [3.8, 4) is 11.1 Å². The van der Waals surface area contributed by atoms with Crippen LogP contribution in [0.5, 0.6) is 0 Å². The minimum atomic E-state index is 0.105. The van der Waals surface area contributed by atoms with E-state index in [-0.39, 0.29) is 5.91 Å². The number of pyridine rings is 1. The molecule has 3 aromatic rings. The van der Waals surface area contributed by atoms with Gasteiger partial charge in [0.2, 0.25) is 5.91 Å². The number of anilines is 1. The van der Waals surface area contributed by atoms with Crippen molar-refractivity contribution in [3.05, 3.63) is 59.7 Å². The smallest absolute Gasteiger partial charge is 0.220 e. The molecule has 0 spiro atoms. The maximum absolute atomic E-state index is 12.3. The van der Waals surface area contributed by atoms with E-state index in [1.165, 1.54) is 48.8 Å². The number of carbonyl (C=O) groups excluding carboxylic acids is 1. The Morgan fingerprint density at radius 1 is 1.10 bits per heavy atom. The number of aromatic nitrogens is 1. The Labute approximate surface area is 178 Å². The van der Waals surface area contributed by atoms with Crippen LogP contribution >= 0.6 is 0 Å². The molecule has 30 heavy (non-hydrogen) atoms. The summed E-state index contributed by atoms with van der Waals surface area (Å²) in [5.74, 6) is 1.27. The summed E-state index contributed by atoms with van der Waals surface area (Å²) in [6.07, 6.45) is 7.47. The van der Waals surface area contributed by atoms with E-state index in [4.69, 9.17) is 5.73 Å². The highest BCUT2D eigenvalue weighted by Gasteiger charge is 2.15. The second-order valence-corrected chi connectivity index (χ2v) is 8.56. The Morgan fingerprint density at radius 3 is 2.70 bits per heavy atom. The Balaban J connectivity index is 1.45. The quantitative estimate of drug-likeness (QED) is 0.579. The van der Waals surface area contributed by atoms with Gasteiger partial charge in [0, 0.05) is 18.4 Å². The molecule has 1 aliphatic carbocycles. The first-order valence-electron chi connectivity index (χ1n) is 11.1. The number of fused-ring (bicyclic) bond motifs is 1. The molecule has 2 aromatic carbocycles. The minimum Gasteiger partial charge on any atom is -0.383 e. The zero-order valence-corrected chi connectivity index (χ0v) is 17.8. The second-order valence-electron chi connectivity index (χ2n) is 8.56. The monoisotopic (exact) mass is 401 g/mol. The summed E-state index contributed by atoms with van der Waals surface area (Å²) >= 11 is 0. The number of benzene rings is 2. The van der Waals surface area contributed by atoms with E-state index in [2.05, 4.69) is 59.7 Å². The van der Waals surface area contributed by atoms with Crippen molar-refractivity contribution in [3.63, 3.8) is 0 Å². The molecular weight excluding hydrogens is 370 g/mol. The molecule has 3 N–H and O–H groups in total. The van der Waals surface area contributed by atoms with Crippen LogP contribution in [0.25, 0.3) is 22.0 Å². The number of amides is 1. The molecule has 1 aromatic heterocycles. The summed E-state index contributed by atoms with van der Waals surface area (Å²) in [6.45, 7) is 2.93. The van der Waals surface area contributed by atoms with Crippen LogP contribution in [0, 0.1) is 12.8 Å². The third-order valence-corrected chi connectivity index (χ3v) is 6.32. The van der Waals surface area contributed by atoms with Crippen LogP contribution in [0.1, 0.15) is 49.7 Å². The predicted octanol–water partition coefficient (Wildman–Crippen LogP) is 5.42. The van der Waals surface area contributed by atoms with E-state index in [0.29, 0.717) is 24.6 Å². The lowest BCUT2D eigenvalue weighted by molar-refractivity contribution is -0.121. The molecule has 1 fully saturated rings. The summed E-state index contributed by atoms with van der Waals surface area (Å²) in [5, 5.41) is 4.17. The van der Waals surface area contributed by atoms with Crippen LogP contribution in [0.4, 0.5) is 5.82 Å². The summed E-state index contributed by atoms with van der Waals surface area (Å²) in [5.41, 5.74) is 11.7.